The van der Waals surface area contributed by atoms with E-state index in [0.717, 1.165) is 7.05 Å². The number of rotatable bonds is 1. The highest BCUT2D eigenvalue weighted by atomic mass is 19.4. The lowest BCUT2D eigenvalue weighted by molar-refractivity contribution is -0.141. The molecule has 0 amide bonds. The highest BCUT2D eigenvalue weighted by Gasteiger charge is 2.39. The highest BCUT2D eigenvalue weighted by Crippen LogP contribution is 2.35. The van der Waals surface area contributed by atoms with Crippen molar-refractivity contribution in [3.8, 4) is 0 Å². The summed E-state index contributed by atoms with van der Waals surface area (Å²) in [6.07, 6.45) is -9.56. The van der Waals surface area contributed by atoms with E-state index in [1.807, 2.05) is 0 Å². The topological polar surface area (TPSA) is 17.8 Å². The predicted octanol–water partition coefficient (Wildman–Crippen LogP) is 3.65. The van der Waals surface area contributed by atoms with E-state index in [-0.39, 0.29) is 7.43 Å². The van der Waals surface area contributed by atoms with Gasteiger partial charge in [-0.1, -0.05) is 14.0 Å². The van der Waals surface area contributed by atoms with Crippen LogP contribution >= 0.6 is 0 Å². The molecule has 8 heteroatoms. The summed E-state index contributed by atoms with van der Waals surface area (Å²) in [5.74, 6) is 0. The second-order valence-corrected chi connectivity index (χ2v) is 3.01. The fourth-order valence-electron chi connectivity index (χ4n) is 1.03. The van der Waals surface area contributed by atoms with Crippen LogP contribution in [0.3, 0.4) is 0 Å². The van der Waals surface area contributed by atoms with E-state index >= 15 is 0 Å². The Morgan fingerprint density at radius 1 is 1.24 bits per heavy atom. The number of nitrogens with zero attached hydrogens (tertiary/aromatic N) is 2. The molecule has 0 bridgehead atoms. The second kappa shape index (κ2) is 4.42. The largest absolute Gasteiger partial charge is 0.435 e. The van der Waals surface area contributed by atoms with Crippen LogP contribution in [0.2, 0.25) is 0 Å². The molecule has 0 aliphatic rings. The first-order valence-corrected chi connectivity index (χ1v) is 3.91. The van der Waals surface area contributed by atoms with Crippen LogP contribution < -0.4 is 0 Å². The maximum Gasteiger partial charge on any atom is 0.435 e. The number of aryl methyl sites for hydroxylation is 1. The fraction of sp³-hybridized carbons (Fsp3) is 0.444. The molecule has 0 N–H and O–H groups in total. The summed E-state index contributed by atoms with van der Waals surface area (Å²) in [5.41, 5.74) is -3.45. The lowest BCUT2D eigenvalue weighted by Crippen LogP contribution is -2.12. The summed E-state index contributed by atoms with van der Waals surface area (Å²) in [5, 5.41) is 2.95. The molecule has 1 heterocycles. The van der Waals surface area contributed by atoms with Crippen LogP contribution in [-0.2, 0) is 13.2 Å². The van der Waals surface area contributed by atoms with E-state index in [1.165, 1.54) is 0 Å². The van der Waals surface area contributed by atoms with E-state index < -0.39 is 29.3 Å². The molecule has 0 aromatic carbocycles. The molecule has 0 aliphatic heterocycles. The number of allylic oxidation sites excluding steroid dienone is 1. The third-order valence-corrected chi connectivity index (χ3v) is 1.82. The van der Waals surface area contributed by atoms with Crippen molar-refractivity contribution in [2.45, 2.75) is 19.8 Å². The van der Waals surface area contributed by atoms with Gasteiger partial charge in [-0.15, -0.1) is 0 Å². The van der Waals surface area contributed by atoms with Crippen LogP contribution in [0.1, 0.15) is 18.8 Å². The molecule has 0 aliphatic carbocycles. The Morgan fingerprint density at radius 2 is 1.71 bits per heavy atom. The molecule has 98 valence electrons. The van der Waals surface area contributed by atoms with Crippen LogP contribution in [0.25, 0.3) is 5.57 Å². The molecule has 0 spiro atoms. The van der Waals surface area contributed by atoms with Crippen molar-refractivity contribution in [1.82, 2.24) is 9.78 Å². The van der Waals surface area contributed by atoms with Crippen molar-refractivity contribution in [2.24, 2.45) is 7.05 Å². The molecule has 1 rings (SSSR count). The molecular weight excluding hydrogens is 250 g/mol. The van der Waals surface area contributed by atoms with E-state index in [4.69, 9.17) is 0 Å². The van der Waals surface area contributed by atoms with Gasteiger partial charge in [0.2, 0.25) is 0 Å². The summed E-state index contributed by atoms with van der Waals surface area (Å²) in [6.45, 7) is 2.70. The zero-order chi connectivity index (χ0) is 12.7. The third kappa shape index (κ3) is 3.24. The van der Waals surface area contributed by atoms with Crippen LogP contribution in [0.15, 0.2) is 12.6 Å². The Hall–Kier alpha value is -1.47. The summed E-state index contributed by atoms with van der Waals surface area (Å²) in [4.78, 5) is 0. The summed E-state index contributed by atoms with van der Waals surface area (Å²) in [6, 6.07) is 0.315. The number of halogens is 6. The molecule has 0 fully saturated rings. The molecule has 1 aromatic rings. The van der Waals surface area contributed by atoms with Gasteiger partial charge in [0.05, 0.1) is 11.3 Å². The number of aromatic nitrogens is 2. The van der Waals surface area contributed by atoms with Gasteiger partial charge in [0, 0.05) is 7.05 Å². The summed E-state index contributed by atoms with van der Waals surface area (Å²) >= 11 is 0. The number of hydrogen-bond donors (Lipinski definition) is 0. The van der Waals surface area contributed by atoms with Crippen molar-refractivity contribution >= 4 is 5.57 Å². The van der Waals surface area contributed by atoms with Crippen molar-refractivity contribution in [2.75, 3.05) is 0 Å². The van der Waals surface area contributed by atoms with Gasteiger partial charge in [-0.25, -0.2) is 0 Å². The van der Waals surface area contributed by atoms with Crippen molar-refractivity contribution in [3.05, 3.63) is 24.0 Å². The van der Waals surface area contributed by atoms with E-state index in [0.29, 0.717) is 10.7 Å². The molecule has 0 saturated heterocycles. The first-order valence-electron chi connectivity index (χ1n) is 3.91. The van der Waals surface area contributed by atoms with Crippen LogP contribution in [-0.4, -0.2) is 16.0 Å². The predicted molar refractivity (Wildman–Crippen MR) is 50.0 cm³/mol. The van der Waals surface area contributed by atoms with Gasteiger partial charge in [-0.05, 0) is 6.07 Å². The van der Waals surface area contributed by atoms with E-state index in [1.54, 1.807) is 0 Å². The van der Waals surface area contributed by atoms with Gasteiger partial charge < -0.3 is 0 Å². The quantitative estimate of drug-likeness (QED) is 0.705. The molecule has 0 atom stereocenters. The molecule has 1 aromatic heterocycles. The van der Waals surface area contributed by atoms with Crippen LogP contribution in [0.5, 0.6) is 0 Å². The summed E-state index contributed by atoms with van der Waals surface area (Å²) < 4.78 is 73.6. The Balaban J connectivity index is 0.00000256. The van der Waals surface area contributed by atoms with Crippen molar-refractivity contribution in [3.63, 3.8) is 0 Å². The molecule has 0 radical (unpaired) electrons. The Labute approximate surface area is 93.5 Å². The minimum absolute atomic E-state index is 0. The normalized spacial score (nSPS) is 12.2. The van der Waals surface area contributed by atoms with Crippen LogP contribution in [0, 0.1) is 0 Å². The Bertz CT molecular complexity index is 412. The molecule has 0 unspecified atom stereocenters. The smallest absolute Gasteiger partial charge is 0.267 e. The number of hydrogen-bond acceptors (Lipinski definition) is 1. The molecular formula is C9H10F6N2. The number of alkyl halides is 6. The molecule has 17 heavy (non-hydrogen) atoms. The fourth-order valence-corrected chi connectivity index (χ4v) is 1.03. The Morgan fingerprint density at radius 3 is 2.00 bits per heavy atom. The lowest BCUT2D eigenvalue weighted by Gasteiger charge is -2.09. The minimum Gasteiger partial charge on any atom is -0.267 e. The van der Waals surface area contributed by atoms with Gasteiger partial charge >= 0.3 is 12.4 Å². The first-order chi connectivity index (χ1) is 7.03. The maximum atomic E-state index is 12.2. The minimum atomic E-state index is -4.78. The van der Waals surface area contributed by atoms with Crippen molar-refractivity contribution in [1.29, 1.82) is 0 Å². The van der Waals surface area contributed by atoms with E-state index in [9.17, 15) is 26.3 Å². The average Bonchev–Trinajstić information content (AvgIpc) is 2.43. The third-order valence-electron chi connectivity index (χ3n) is 1.82. The Kier molecular flexibility index (Phi) is 4.04. The monoisotopic (exact) mass is 260 g/mol. The highest BCUT2D eigenvalue weighted by molar-refractivity contribution is 5.65. The van der Waals surface area contributed by atoms with E-state index in [2.05, 4.69) is 11.7 Å². The summed E-state index contributed by atoms with van der Waals surface area (Å²) in [7, 11) is 0.988. The van der Waals surface area contributed by atoms with Gasteiger partial charge in [0.25, 0.3) is 0 Å². The van der Waals surface area contributed by atoms with Gasteiger partial charge in [0.1, 0.15) is 0 Å². The zero-order valence-corrected chi connectivity index (χ0v) is 7.95. The zero-order valence-electron chi connectivity index (χ0n) is 7.95. The van der Waals surface area contributed by atoms with Gasteiger partial charge in [-0.2, -0.15) is 31.4 Å². The second-order valence-electron chi connectivity index (χ2n) is 3.01. The first kappa shape index (κ1) is 15.5. The maximum absolute atomic E-state index is 12.2. The SMILES string of the molecule is C.C=C(c1cc(C(F)(F)F)nn1C)C(F)(F)F. The average molecular weight is 260 g/mol. The molecule has 2 nitrogen and oxygen atoms in total. The standard InChI is InChI=1S/C8H6F6N2.CH4/c1-4(7(9,10)11)5-3-6(8(12,13)14)15-16(5)2;/h3H,1H2,2H3;1H4. The van der Waals surface area contributed by atoms with Gasteiger partial charge in [-0.3, -0.25) is 4.68 Å². The van der Waals surface area contributed by atoms with Gasteiger partial charge in [0.15, 0.2) is 5.69 Å². The van der Waals surface area contributed by atoms with Crippen LogP contribution in [0.4, 0.5) is 26.3 Å². The lowest BCUT2D eigenvalue weighted by atomic mass is 10.2. The van der Waals surface area contributed by atoms with Crippen molar-refractivity contribution < 1.29 is 26.3 Å². The molecule has 0 saturated carbocycles.